The lowest BCUT2D eigenvalue weighted by atomic mass is 9.98. The number of hydrogen-bond acceptors (Lipinski definition) is 3. The van der Waals surface area contributed by atoms with Gasteiger partial charge in [-0.25, -0.2) is 0 Å². The molecule has 0 fully saturated rings. The second-order valence-corrected chi connectivity index (χ2v) is 5.06. The molecule has 0 saturated carbocycles. The van der Waals surface area contributed by atoms with E-state index in [2.05, 4.69) is 29.1 Å². The molecule has 1 rings (SSSR count). The summed E-state index contributed by atoms with van der Waals surface area (Å²) in [6.45, 7) is 6.41. The molecule has 0 radical (unpaired) electrons. The van der Waals surface area contributed by atoms with E-state index in [0.717, 1.165) is 12.8 Å². The van der Waals surface area contributed by atoms with E-state index in [1.54, 1.807) is 18.5 Å². The molecule has 4 nitrogen and oxygen atoms in total. The summed E-state index contributed by atoms with van der Waals surface area (Å²) in [5.41, 5.74) is 6.32. The molecule has 19 heavy (non-hydrogen) atoms. The number of aromatic nitrogens is 1. The van der Waals surface area contributed by atoms with Gasteiger partial charge >= 0.3 is 0 Å². The van der Waals surface area contributed by atoms with E-state index in [1.165, 1.54) is 0 Å². The van der Waals surface area contributed by atoms with Gasteiger partial charge in [-0.05, 0) is 26.3 Å². The average Bonchev–Trinajstić information content (AvgIpc) is 2.36. The molecule has 0 aliphatic heterocycles. The molecule has 1 aromatic heterocycles. The first-order valence-electron chi connectivity index (χ1n) is 6.45. The van der Waals surface area contributed by atoms with Crippen LogP contribution in [0.3, 0.4) is 0 Å². The number of pyridine rings is 1. The topological polar surface area (TPSA) is 68.0 Å². The molecule has 0 spiro atoms. The Morgan fingerprint density at radius 3 is 2.84 bits per heavy atom. The van der Waals surface area contributed by atoms with E-state index in [-0.39, 0.29) is 11.4 Å². The van der Waals surface area contributed by atoms with Gasteiger partial charge in [0.1, 0.15) is 0 Å². The van der Waals surface area contributed by atoms with Crippen molar-refractivity contribution in [3.63, 3.8) is 0 Å². The van der Waals surface area contributed by atoms with Crippen LogP contribution in [-0.2, 0) is 0 Å². The fourth-order valence-corrected chi connectivity index (χ4v) is 1.85. The molecule has 0 aromatic carbocycles. The van der Waals surface area contributed by atoms with Gasteiger partial charge in [0.25, 0.3) is 5.91 Å². The van der Waals surface area contributed by atoms with Crippen molar-refractivity contribution < 1.29 is 4.79 Å². The number of nitrogens with zero attached hydrogens (tertiary/aromatic N) is 1. The van der Waals surface area contributed by atoms with Crippen LogP contribution in [0.4, 0.5) is 0 Å². The van der Waals surface area contributed by atoms with Gasteiger partial charge in [0.15, 0.2) is 0 Å². The highest BCUT2D eigenvalue weighted by atomic mass is 16.1. The van der Waals surface area contributed by atoms with E-state index in [9.17, 15) is 4.79 Å². The smallest absolute Gasteiger partial charge is 0.253 e. The van der Waals surface area contributed by atoms with Crippen molar-refractivity contribution in [3.8, 4) is 11.8 Å². The minimum absolute atomic E-state index is 0.123. The van der Waals surface area contributed by atoms with Crippen molar-refractivity contribution in [1.82, 2.24) is 10.3 Å². The second kappa shape index (κ2) is 6.91. The fourth-order valence-electron chi connectivity index (χ4n) is 1.85. The summed E-state index contributed by atoms with van der Waals surface area (Å²) in [4.78, 5) is 16.2. The maximum Gasteiger partial charge on any atom is 0.253 e. The predicted octanol–water partition coefficient (Wildman–Crippen LogP) is 1.70. The van der Waals surface area contributed by atoms with E-state index >= 15 is 0 Å². The van der Waals surface area contributed by atoms with Gasteiger partial charge in [0, 0.05) is 23.5 Å². The average molecular weight is 259 g/mol. The van der Waals surface area contributed by atoms with Crippen molar-refractivity contribution in [2.75, 3.05) is 6.54 Å². The van der Waals surface area contributed by atoms with Crippen LogP contribution in [0.15, 0.2) is 18.5 Å². The first kappa shape index (κ1) is 15.2. The Balaban J connectivity index is 2.83. The maximum atomic E-state index is 12.1. The minimum atomic E-state index is -0.217. The summed E-state index contributed by atoms with van der Waals surface area (Å²) >= 11 is 0. The first-order valence-corrected chi connectivity index (χ1v) is 6.45. The molecule has 0 aliphatic carbocycles. The van der Waals surface area contributed by atoms with E-state index in [4.69, 9.17) is 5.73 Å². The molecule has 0 unspecified atom stereocenters. The molecule has 0 aliphatic rings. The zero-order chi connectivity index (χ0) is 14.3. The number of rotatable bonds is 4. The highest BCUT2D eigenvalue weighted by Crippen LogP contribution is 2.12. The molecule has 1 amide bonds. The van der Waals surface area contributed by atoms with E-state index in [0.29, 0.717) is 17.7 Å². The number of nitrogens with two attached hydrogens (primary N) is 1. The van der Waals surface area contributed by atoms with Gasteiger partial charge in [0.2, 0.25) is 0 Å². The highest BCUT2D eigenvalue weighted by molar-refractivity contribution is 5.94. The summed E-state index contributed by atoms with van der Waals surface area (Å²) in [6, 6.07) is 1.73. The number of amides is 1. The molecule has 0 saturated heterocycles. The van der Waals surface area contributed by atoms with Crippen molar-refractivity contribution in [2.45, 2.75) is 39.2 Å². The van der Waals surface area contributed by atoms with Crippen LogP contribution < -0.4 is 11.1 Å². The largest absolute Gasteiger partial charge is 0.347 e. The monoisotopic (exact) mass is 259 g/mol. The first-order chi connectivity index (χ1) is 8.98. The summed E-state index contributed by atoms with van der Waals surface area (Å²) in [6.07, 6.45) is 5.12. The lowest BCUT2D eigenvalue weighted by Gasteiger charge is -2.25. The Kier molecular flexibility index (Phi) is 5.53. The van der Waals surface area contributed by atoms with Crippen LogP contribution in [0.1, 0.15) is 49.5 Å². The number of nitrogens with one attached hydrogen (secondary N) is 1. The van der Waals surface area contributed by atoms with Crippen molar-refractivity contribution in [3.05, 3.63) is 29.6 Å². The normalized spacial score (nSPS) is 10.5. The van der Waals surface area contributed by atoms with Gasteiger partial charge in [-0.2, -0.15) is 0 Å². The molecule has 4 heteroatoms. The number of hydrogen-bond donors (Lipinski definition) is 2. The Bertz CT molecular complexity index is 498. The lowest BCUT2D eigenvalue weighted by Crippen LogP contribution is -2.43. The summed E-state index contributed by atoms with van der Waals surface area (Å²) < 4.78 is 0. The van der Waals surface area contributed by atoms with Gasteiger partial charge < -0.3 is 11.1 Å². The Morgan fingerprint density at radius 2 is 2.21 bits per heavy atom. The Hall–Kier alpha value is -1.86. The van der Waals surface area contributed by atoms with Gasteiger partial charge in [-0.1, -0.05) is 25.2 Å². The van der Waals surface area contributed by atoms with Crippen LogP contribution >= 0.6 is 0 Å². The fraction of sp³-hybridized carbons (Fsp3) is 0.467. The highest BCUT2D eigenvalue weighted by Gasteiger charge is 2.20. The quantitative estimate of drug-likeness (QED) is 0.809. The minimum Gasteiger partial charge on any atom is -0.347 e. The van der Waals surface area contributed by atoms with E-state index in [1.807, 2.05) is 13.8 Å². The molecule has 0 atom stereocenters. The number of carbonyl (C=O) groups is 1. The van der Waals surface area contributed by atoms with Crippen molar-refractivity contribution in [2.24, 2.45) is 5.73 Å². The predicted molar refractivity (Wildman–Crippen MR) is 76.6 cm³/mol. The molecule has 3 N–H and O–H groups in total. The van der Waals surface area contributed by atoms with Gasteiger partial charge in [-0.15, -0.1) is 0 Å². The van der Waals surface area contributed by atoms with Gasteiger partial charge in [0.05, 0.1) is 12.1 Å². The molecule has 1 heterocycles. The molecular weight excluding hydrogens is 238 g/mol. The third-order valence-electron chi connectivity index (χ3n) is 2.66. The van der Waals surface area contributed by atoms with Crippen LogP contribution in [-0.4, -0.2) is 23.0 Å². The van der Waals surface area contributed by atoms with Crippen LogP contribution in [0.5, 0.6) is 0 Å². The van der Waals surface area contributed by atoms with Crippen molar-refractivity contribution in [1.29, 1.82) is 0 Å². The third kappa shape index (κ3) is 5.11. The summed E-state index contributed by atoms with van der Waals surface area (Å²) in [5, 5.41) is 3.00. The number of carbonyl (C=O) groups excluding carboxylic acids is 1. The molecule has 0 bridgehead atoms. The Labute approximate surface area is 114 Å². The zero-order valence-electron chi connectivity index (χ0n) is 11.8. The molecular formula is C15H21N3O. The molecule has 1 aromatic rings. The SMILES string of the molecule is CCCC(C)(C)NC(=O)c1cncc(C#CCN)c1. The third-order valence-corrected chi connectivity index (χ3v) is 2.66. The maximum absolute atomic E-state index is 12.1. The molecule has 102 valence electrons. The Morgan fingerprint density at radius 1 is 1.47 bits per heavy atom. The standard InChI is InChI=1S/C15H21N3O/c1-4-7-15(2,3)18-14(19)13-9-12(6-5-8-16)10-17-11-13/h9-11H,4,7-8,16H2,1-3H3,(H,18,19). The van der Waals surface area contributed by atoms with E-state index < -0.39 is 0 Å². The lowest BCUT2D eigenvalue weighted by molar-refractivity contribution is 0.0908. The van der Waals surface area contributed by atoms with Crippen LogP contribution in [0.25, 0.3) is 0 Å². The van der Waals surface area contributed by atoms with Crippen LogP contribution in [0, 0.1) is 11.8 Å². The second-order valence-electron chi connectivity index (χ2n) is 5.06. The summed E-state index contributed by atoms with van der Waals surface area (Å²) in [7, 11) is 0. The van der Waals surface area contributed by atoms with Gasteiger partial charge in [-0.3, -0.25) is 9.78 Å². The summed E-state index contributed by atoms with van der Waals surface area (Å²) in [5.74, 6) is 5.49. The van der Waals surface area contributed by atoms with Crippen molar-refractivity contribution >= 4 is 5.91 Å². The zero-order valence-corrected chi connectivity index (χ0v) is 11.8. The van der Waals surface area contributed by atoms with Crippen LogP contribution in [0.2, 0.25) is 0 Å².